The molecule has 6 heteroatoms. The summed E-state index contributed by atoms with van der Waals surface area (Å²) in [6, 6.07) is 0. The van der Waals surface area contributed by atoms with Crippen LogP contribution in [0.5, 0.6) is 0 Å². The maximum Gasteiger partial charge on any atom is 0.163 e. The van der Waals surface area contributed by atoms with Crippen molar-refractivity contribution >= 4 is 16.9 Å². The molecule has 1 fully saturated rings. The fourth-order valence-electron chi connectivity index (χ4n) is 2.35. The van der Waals surface area contributed by atoms with Crippen LogP contribution in [-0.4, -0.2) is 38.5 Å². The lowest BCUT2D eigenvalue weighted by atomic mass is 10.0. The minimum atomic E-state index is -0.0838. The lowest BCUT2D eigenvalue weighted by molar-refractivity contribution is 0.0315. The van der Waals surface area contributed by atoms with Gasteiger partial charge in [-0.25, -0.2) is 9.97 Å². The molecule has 0 saturated carbocycles. The topological polar surface area (TPSA) is 64.9 Å². The molecular weight excluding hydrogens is 230 g/mol. The van der Waals surface area contributed by atoms with E-state index in [1.165, 1.54) is 0 Å². The van der Waals surface area contributed by atoms with Gasteiger partial charge in [-0.3, -0.25) is 4.68 Å². The van der Waals surface area contributed by atoms with E-state index in [4.69, 9.17) is 4.74 Å². The fraction of sp³-hybridized carbons (Fsp3) is 0.583. The summed E-state index contributed by atoms with van der Waals surface area (Å²) in [6.07, 6.45) is 5.56. The van der Waals surface area contributed by atoms with Gasteiger partial charge in [0.1, 0.15) is 12.1 Å². The summed E-state index contributed by atoms with van der Waals surface area (Å²) in [5.74, 6) is 0.824. The van der Waals surface area contributed by atoms with Crippen molar-refractivity contribution in [3.8, 4) is 0 Å². The van der Waals surface area contributed by atoms with Gasteiger partial charge < -0.3 is 10.1 Å². The van der Waals surface area contributed by atoms with Crippen LogP contribution in [0.1, 0.15) is 19.8 Å². The average molecular weight is 247 g/mol. The van der Waals surface area contributed by atoms with Crippen LogP contribution in [0.4, 0.5) is 5.82 Å². The van der Waals surface area contributed by atoms with E-state index in [9.17, 15) is 0 Å². The molecule has 1 aliphatic rings. The van der Waals surface area contributed by atoms with Crippen LogP contribution in [0, 0.1) is 0 Å². The Morgan fingerprint density at radius 3 is 3.17 bits per heavy atom. The Hall–Kier alpha value is -1.69. The van der Waals surface area contributed by atoms with Gasteiger partial charge in [-0.05, 0) is 19.8 Å². The van der Waals surface area contributed by atoms with Crippen LogP contribution in [-0.2, 0) is 11.8 Å². The second-order valence-corrected chi connectivity index (χ2v) is 4.98. The molecule has 2 aromatic heterocycles. The van der Waals surface area contributed by atoms with Gasteiger partial charge in [-0.1, -0.05) is 0 Å². The first-order chi connectivity index (χ1) is 8.68. The second kappa shape index (κ2) is 4.20. The molecule has 0 aliphatic carbocycles. The monoisotopic (exact) mass is 247 g/mol. The zero-order valence-electron chi connectivity index (χ0n) is 10.7. The van der Waals surface area contributed by atoms with Crippen molar-refractivity contribution in [3.05, 3.63) is 12.5 Å². The van der Waals surface area contributed by atoms with E-state index in [-0.39, 0.29) is 5.60 Å². The van der Waals surface area contributed by atoms with E-state index in [0.717, 1.165) is 42.8 Å². The highest BCUT2D eigenvalue weighted by Gasteiger charge is 2.29. The number of aromatic nitrogens is 4. The average Bonchev–Trinajstić information content (AvgIpc) is 2.96. The van der Waals surface area contributed by atoms with Crippen molar-refractivity contribution in [1.29, 1.82) is 0 Å². The Balaban J connectivity index is 1.82. The molecule has 1 unspecified atom stereocenters. The second-order valence-electron chi connectivity index (χ2n) is 4.98. The Morgan fingerprint density at radius 1 is 1.50 bits per heavy atom. The lowest BCUT2D eigenvalue weighted by Crippen LogP contribution is -2.32. The SMILES string of the molecule is Cn1ncc2c(NCC3(C)CCCO3)ncnc21. The molecule has 0 bridgehead atoms. The molecule has 0 spiro atoms. The quantitative estimate of drug-likeness (QED) is 0.886. The van der Waals surface area contributed by atoms with Crippen molar-refractivity contribution in [2.75, 3.05) is 18.5 Å². The molecule has 18 heavy (non-hydrogen) atoms. The lowest BCUT2D eigenvalue weighted by Gasteiger charge is -2.23. The maximum absolute atomic E-state index is 5.75. The highest BCUT2D eigenvalue weighted by molar-refractivity contribution is 5.85. The maximum atomic E-state index is 5.75. The molecule has 1 saturated heterocycles. The van der Waals surface area contributed by atoms with Crippen LogP contribution < -0.4 is 5.32 Å². The Labute approximate surface area is 105 Å². The van der Waals surface area contributed by atoms with Crippen LogP contribution in [0.2, 0.25) is 0 Å². The molecule has 0 aromatic carbocycles. The smallest absolute Gasteiger partial charge is 0.163 e. The van der Waals surface area contributed by atoms with Gasteiger partial charge in [0, 0.05) is 20.2 Å². The van der Waals surface area contributed by atoms with Crippen molar-refractivity contribution < 1.29 is 4.74 Å². The minimum Gasteiger partial charge on any atom is -0.373 e. The van der Waals surface area contributed by atoms with Crippen LogP contribution in [0.3, 0.4) is 0 Å². The van der Waals surface area contributed by atoms with Crippen molar-refractivity contribution in [3.63, 3.8) is 0 Å². The van der Waals surface area contributed by atoms with E-state index in [2.05, 4.69) is 27.3 Å². The highest BCUT2D eigenvalue weighted by atomic mass is 16.5. The summed E-state index contributed by atoms with van der Waals surface area (Å²) in [5, 5.41) is 8.50. The molecule has 96 valence electrons. The van der Waals surface area contributed by atoms with E-state index < -0.39 is 0 Å². The Morgan fingerprint density at radius 2 is 2.39 bits per heavy atom. The van der Waals surface area contributed by atoms with Gasteiger partial charge in [-0.2, -0.15) is 5.10 Å². The first-order valence-electron chi connectivity index (χ1n) is 6.18. The highest BCUT2D eigenvalue weighted by Crippen LogP contribution is 2.26. The number of ether oxygens (including phenoxy) is 1. The Kier molecular flexibility index (Phi) is 2.66. The summed E-state index contributed by atoms with van der Waals surface area (Å²) in [6.45, 7) is 3.74. The summed E-state index contributed by atoms with van der Waals surface area (Å²) >= 11 is 0. The zero-order valence-corrected chi connectivity index (χ0v) is 10.7. The minimum absolute atomic E-state index is 0.0838. The number of hydrogen-bond donors (Lipinski definition) is 1. The van der Waals surface area contributed by atoms with E-state index in [0.29, 0.717) is 0 Å². The number of hydrogen-bond acceptors (Lipinski definition) is 5. The molecule has 0 amide bonds. The number of fused-ring (bicyclic) bond motifs is 1. The molecule has 1 atom stereocenters. The molecule has 0 radical (unpaired) electrons. The number of anilines is 1. The standard InChI is InChI=1S/C12H17N5O/c1-12(4-3-5-18-12)7-13-10-9-6-16-17(2)11(9)15-8-14-10/h6,8H,3-5,7H2,1-2H3,(H,13,14,15). The Bertz CT molecular complexity index is 559. The van der Waals surface area contributed by atoms with E-state index in [1.807, 2.05) is 7.05 Å². The molecule has 3 heterocycles. The van der Waals surface area contributed by atoms with E-state index in [1.54, 1.807) is 17.2 Å². The van der Waals surface area contributed by atoms with Gasteiger partial charge >= 0.3 is 0 Å². The van der Waals surface area contributed by atoms with Crippen molar-refractivity contribution in [2.45, 2.75) is 25.4 Å². The third-order valence-corrected chi connectivity index (χ3v) is 3.46. The first kappa shape index (κ1) is 11.4. The normalized spacial score (nSPS) is 23.7. The molecule has 3 rings (SSSR count). The largest absolute Gasteiger partial charge is 0.373 e. The number of nitrogens with zero attached hydrogens (tertiary/aromatic N) is 4. The van der Waals surface area contributed by atoms with Gasteiger partial charge in [-0.15, -0.1) is 0 Å². The van der Waals surface area contributed by atoms with E-state index >= 15 is 0 Å². The number of rotatable bonds is 3. The van der Waals surface area contributed by atoms with Gasteiger partial charge in [0.15, 0.2) is 5.65 Å². The fourth-order valence-corrected chi connectivity index (χ4v) is 2.35. The molecule has 1 N–H and O–H groups in total. The van der Waals surface area contributed by atoms with Crippen LogP contribution in [0.15, 0.2) is 12.5 Å². The number of nitrogens with one attached hydrogen (secondary N) is 1. The van der Waals surface area contributed by atoms with Crippen molar-refractivity contribution in [2.24, 2.45) is 7.05 Å². The molecule has 1 aliphatic heterocycles. The summed E-state index contributed by atoms with van der Waals surface area (Å²) in [4.78, 5) is 8.50. The summed E-state index contributed by atoms with van der Waals surface area (Å²) in [7, 11) is 1.88. The molecular formula is C12H17N5O. The third kappa shape index (κ3) is 1.92. The van der Waals surface area contributed by atoms with Crippen LogP contribution >= 0.6 is 0 Å². The zero-order chi connectivity index (χ0) is 12.6. The third-order valence-electron chi connectivity index (χ3n) is 3.46. The van der Waals surface area contributed by atoms with Crippen LogP contribution in [0.25, 0.3) is 11.0 Å². The first-order valence-corrected chi connectivity index (χ1v) is 6.18. The molecule has 2 aromatic rings. The van der Waals surface area contributed by atoms with Gasteiger partial charge in [0.05, 0.1) is 17.2 Å². The predicted molar refractivity (Wildman–Crippen MR) is 68.4 cm³/mol. The van der Waals surface area contributed by atoms with Gasteiger partial charge in [0.2, 0.25) is 0 Å². The number of aryl methyl sites for hydroxylation is 1. The predicted octanol–water partition coefficient (Wildman–Crippen LogP) is 1.34. The molecule has 6 nitrogen and oxygen atoms in total. The van der Waals surface area contributed by atoms with Gasteiger partial charge in [0.25, 0.3) is 0 Å². The summed E-state index contributed by atoms with van der Waals surface area (Å²) < 4.78 is 7.50. The summed E-state index contributed by atoms with van der Waals surface area (Å²) in [5.41, 5.74) is 0.754. The van der Waals surface area contributed by atoms with Crippen molar-refractivity contribution in [1.82, 2.24) is 19.7 Å².